The molecular formula is C24H20N6O2S. The predicted molar refractivity (Wildman–Crippen MR) is 127 cm³/mol. The molecule has 3 N–H and O–H groups in total. The molecule has 9 heteroatoms. The lowest BCUT2D eigenvalue weighted by molar-refractivity contribution is 0.146. The van der Waals surface area contributed by atoms with Crippen LogP contribution in [-0.2, 0) is 10.5 Å². The number of nitrogen functional groups attached to an aromatic ring is 1. The fraction of sp³-hybridized carbons (Fsp3) is 0.167. The SMILES string of the molecule is COCCOc1ccc(-c2c(C#N)c(N)nc(SCc3cncc4[nH]ccc34)c2C#N)cc1. The van der Waals surface area contributed by atoms with Crippen molar-refractivity contribution >= 4 is 28.5 Å². The van der Waals surface area contributed by atoms with Crippen molar-refractivity contribution < 1.29 is 9.47 Å². The zero-order valence-electron chi connectivity index (χ0n) is 17.8. The van der Waals surface area contributed by atoms with Gasteiger partial charge in [0.2, 0.25) is 0 Å². The van der Waals surface area contributed by atoms with Crippen LogP contribution in [0.5, 0.6) is 5.75 Å². The Morgan fingerprint density at radius 1 is 1.06 bits per heavy atom. The van der Waals surface area contributed by atoms with Crippen molar-refractivity contribution in [2.75, 3.05) is 26.1 Å². The third-order valence-corrected chi connectivity index (χ3v) is 6.06. The number of hydrogen-bond donors (Lipinski definition) is 2. The topological polar surface area (TPSA) is 134 Å². The summed E-state index contributed by atoms with van der Waals surface area (Å²) < 4.78 is 10.6. The second-order valence-electron chi connectivity index (χ2n) is 7.04. The minimum absolute atomic E-state index is 0.0902. The number of nitrogens with zero attached hydrogens (tertiary/aromatic N) is 4. The maximum absolute atomic E-state index is 10.00. The molecule has 0 saturated heterocycles. The van der Waals surface area contributed by atoms with E-state index in [9.17, 15) is 10.5 Å². The van der Waals surface area contributed by atoms with Crippen molar-refractivity contribution in [1.29, 1.82) is 10.5 Å². The highest BCUT2D eigenvalue weighted by Gasteiger charge is 2.21. The smallest absolute Gasteiger partial charge is 0.143 e. The highest BCUT2D eigenvalue weighted by Crippen LogP contribution is 2.37. The Morgan fingerprint density at radius 2 is 1.85 bits per heavy atom. The molecular weight excluding hydrogens is 436 g/mol. The van der Waals surface area contributed by atoms with Crippen LogP contribution in [0.2, 0.25) is 0 Å². The van der Waals surface area contributed by atoms with Crippen LogP contribution >= 0.6 is 11.8 Å². The molecule has 8 nitrogen and oxygen atoms in total. The number of methoxy groups -OCH3 is 1. The van der Waals surface area contributed by atoms with E-state index in [1.54, 1.807) is 43.8 Å². The number of rotatable bonds is 8. The number of hydrogen-bond acceptors (Lipinski definition) is 8. The molecule has 0 amide bonds. The van der Waals surface area contributed by atoms with Crippen molar-refractivity contribution in [3.8, 4) is 29.0 Å². The second-order valence-corrected chi connectivity index (χ2v) is 8.01. The molecule has 164 valence electrons. The fourth-order valence-corrected chi connectivity index (χ4v) is 4.43. The Kier molecular flexibility index (Phi) is 6.75. The first-order valence-corrected chi connectivity index (χ1v) is 11.0. The van der Waals surface area contributed by atoms with Gasteiger partial charge >= 0.3 is 0 Å². The third kappa shape index (κ3) is 4.60. The van der Waals surface area contributed by atoms with Crippen LogP contribution in [-0.4, -0.2) is 35.3 Å². The van der Waals surface area contributed by atoms with Gasteiger partial charge in [0.1, 0.15) is 40.9 Å². The zero-order valence-corrected chi connectivity index (χ0v) is 18.6. The minimum Gasteiger partial charge on any atom is -0.491 e. The summed E-state index contributed by atoms with van der Waals surface area (Å²) in [4.78, 5) is 11.8. The van der Waals surface area contributed by atoms with Crippen LogP contribution in [0.3, 0.4) is 0 Å². The Morgan fingerprint density at radius 3 is 2.58 bits per heavy atom. The highest BCUT2D eigenvalue weighted by molar-refractivity contribution is 7.98. The maximum atomic E-state index is 10.00. The number of nitrogens with two attached hydrogens (primary N) is 1. The number of anilines is 1. The van der Waals surface area contributed by atoms with E-state index in [0.29, 0.717) is 46.4 Å². The van der Waals surface area contributed by atoms with Gasteiger partial charge in [-0.2, -0.15) is 10.5 Å². The van der Waals surface area contributed by atoms with E-state index in [2.05, 4.69) is 27.1 Å². The molecule has 0 aliphatic carbocycles. The Labute approximate surface area is 195 Å². The number of benzene rings is 1. The Hall–Kier alpha value is -4.05. The second kappa shape index (κ2) is 10.0. The number of nitrogens with one attached hydrogen (secondary N) is 1. The van der Waals surface area contributed by atoms with E-state index in [1.165, 1.54) is 11.8 Å². The molecule has 3 aromatic heterocycles. The monoisotopic (exact) mass is 456 g/mol. The van der Waals surface area contributed by atoms with Crippen LogP contribution in [0.15, 0.2) is 53.9 Å². The van der Waals surface area contributed by atoms with Gasteiger partial charge < -0.3 is 20.2 Å². The van der Waals surface area contributed by atoms with Gasteiger partial charge in [-0.1, -0.05) is 12.1 Å². The quantitative estimate of drug-likeness (QED) is 0.297. The fourth-order valence-electron chi connectivity index (χ4n) is 3.45. The van der Waals surface area contributed by atoms with Crippen molar-refractivity contribution in [3.63, 3.8) is 0 Å². The molecule has 4 aromatic rings. The van der Waals surface area contributed by atoms with Crippen molar-refractivity contribution in [2.24, 2.45) is 0 Å². The minimum atomic E-state index is 0.0902. The molecule has 0 aliphatic heterocycles. The number of aromatic nitrogens is 3. The lowest BCUT2D eigenvalue weighted by Crippen LogP contribution is -2.05. The van der Waals surface area contributed by atoms with Gasteiger partial charge in [0.05, 0.1) is 23.9 Å². The molecule has 0 bridgehead atoms. The lowest BCUT2D eigenvalue weighted by atomic mass is 9.97. The summed E-state index contributed by atoms with van der Waals surface area (Å²) in [6, 6.07) is 13.5. The first-order valence-electron chi connectivity index (χ1n) is 10.0. The van der Waals surface area contributed by atoms with Gasteiger partial charge in [0.25, 0.3) is 0 Å². The van der Waals surface area contributed by atoms with Crippen molar-refractivity contribution in [1.82, 2.24) is 15.0 Å². The Balaban J connectivity index is 1.69. The molecule has 0 unspecified atom stereocenters. The van der Waals surface area contributed by atoms with Gasteiger partial charge in [-0.25, -0.2) is 4.98 Å². The summed E-state index contributed by atoms with van der Waals surface area (Å²) in [7, 11) is 1.61. The van der Waals surface area contributed by atoms with Crippen LogP contribution in [0.1, 0.15) is 16.7 Å². The van der Waals surface area contributed by atoms with Gasteiger partial charge in [-0.05, 0) is 29.3 Å². The van der Waals surface area contributed by atoms with E-state index in [1.807, 2.05) is 12.3 Å². The van der Waals surface area contributed by atoms with Gasteiger partial charge in [-0.15, -0.1) is 11.8 Å². The number of H-pyrrole nitrogens is 1. The number of thioether (sulfide) groups is 1. The van der Waals surface area contributed by atoms with Crippen LogP contribution < -0.4 is 10.5 Å². The van der Waals surface area contributed by atoms with E-state index < -0.39 is 0 Å². The molecule has 0 radical (unpaired) electrons. The summed E-state index contributed by atoms with van der Waals surface area (Å²) in [6.07, 6.45) is 5.42. The molecule has 0 saturated carbocycles. The normalized spacial score (nSPS) is 10.6. The molecule has 4 rings (SSSR count). The van der Waals surface area contributed by atoms with E-state index in [-0.39, 0.29) is 11.4 Å². The molecule has 3 heterocycles. The summed E-state index contributed by atoms with van der Waals surface area (Å²) in [5.41, 5.74) is 9.73. The predicted octanol–water partition coefficient (Wildman–Crippen LogP) is 4.27. The zero-order chi connectivity index (χ0) is 23.2. The van der Waals surface area contributed by atoms with Gasteiger partial charge in [0.15, 0.2) is 0 Å². The number of aromatic amines is 1. The molecule has 0 aliphatic rings. The molecule has 33 heavy (non-hydrogen) atoms. The number of nitriles is 2. The van der Waals surface area contributed by atoms with E-state index >= 15 is 0 Å². The molecule has 1 aromatic carbocycles. The summed E-state index contributed by atoms with van der Waals surface area (Å²) >= 11 is 1.39. The number of fused-ring (bicyclic) bond motifs is 1. The van der Waals surface area contributed by atoms with E-state index in [4.69, 9.17) is 15.2 Å². The maximum Gasteiger partial charge on any atom is 0.143 e. The summed E-state index contributed by atoms with van der Waals surface area (Å²) in [5, 5.41) is 21.3. The van der Waals surface area contributed by atoms with Crippen molar-refractivity contribution in [3.05, 3.63) is 65.6 Å². The number of ether oxygens (including phenoxy) is 2. The summed E-state index contributed by atoms with van der Waals surface area (Å²) in [6.45, 7) is 0.904. The average molecular weight is 457 g/mol. The van der Waals surface area contributed by atoms with Crippen LogP contribution in [0.25, 0.3) is 22.0 Å². The number of pyridine rings is 2. The van der Waals surface area contributed by atoms with E-state index in [0.717, 1.165) is 16.5 Å². The first kappa shape index (κ1) is 22.2. The van der Waals surface area contributed by atoms with Gasteiger partial charge in [-0.3, -0.25) is 4.98 Å². The van der Waals surface area contributed by atoms with Crippen LogP contribution in [0.4, 0.5) is 5.82 Å². The van der Waals surface area contributed by atoms with Crippen LogP contribution in [0, 0.1) is 22.7 Å². The third-order valence-electron chi connectivity index (χ3n) is 5.04. The summed E-state index contributed by atoms with van der Waals surface area (Å²) in [5.74, 6) is 1.30. The largest absolute Gasteiger partial charge is 0.491 e. The first-order chi connectivity index (χ1) is 16.2. The van der Waals surface area contributed by atoms with Gasteiger partial charge in [0, 0.05) is 36.2 Å². The standard InChI is InChI=1S/C24H20N6O2S/c1-31-8-9-32-17-4-2-15(3-5-17)22-19(10-25)23(27)30-24(20(22)11-26)33-14-16-12-28-13-21-18(16)6-7-29-21/h2-7,12-13,29H,8-9,14H2,1H3,(H2,27,30). The average Bonchev–Trinajstić information content (AvgIpc) is 3.32. The molecule has 0 atom stereocenters. The highest BCUT2D eigenvalue weighted by atomic mass is 32.2. The molecule has 0 spiro atoms. The van der Waals surface area contributed by atoms with Crippen molar-refractivity contribution in [2.45, 2.75) is 10.8 Å². The lowest BCUT2D eigenvalue weighted by Gasteiger charge is -2.14. The Bertz CT molecular complexity index is 1370. The molecule has 0 fully saturated rings.